The second-order valence-corrected chi connectivity index (χ2v) is 5.38. The van der Waals surface area contributed by atoms with Crippen LogP contribution in [0.2, 0.25) is 5.02 Å². The molecule has 104 valence electrons. The highest BCUT2D eigenvalue weighted by atomic mass is 35.5. The van der Waals surface area contributed by atoms with Gasteiger partial charge in [0, 0.05) is 36.5 Å². The number of hydrogen-bond donors (Lipinski definition) is 2. The molecule has 0 radical (unpaired) electrons. The molecule has 1 unspecified atom stereocenters. The number of anilines is 1. The van der Waals surface area contributed by atoms with Gasteiger partial charge in [0.05, 0.1) is 6.10 Å². The summed E-state index contributed by atoms with van der Waals surface area (Å²) >= 11 is 5.96. The van der Waals surface area contributed by atoms with Crippen molar-refractivity contribution >= 4 is 23.1 Å². The van der Waals surface area contributed by atoms with Crippen LogP contribution in [0.4, 0.5) is 5.69 Å². The molecule has 2 rings (SSSR count). The van der Waals surface area contributed by atoms with Crippen molar-refractivity contribution in [3.8, 4) is 0 Å². The number of amidine groups is 1. The maximum atomic E-state index is 7.65. The first kappa shape index (κ1) is 14.2. The molecule has 0 aliphatic carbocycles. The number of hydrogen-bond acceptors (Lipinski definition) is 3. The van der Waals surface area contributed by atoms with Crippen molar-refractivity contribution in [2.24, 2.45) is 5.73 Å². The van der Waals surface area contributed by atoms with Gasteiger partial charge in [-0.15, -0.1) is 0 Å². The number of nitrogen functional groups attached to an aromatic ring is 1. The summed E-state index contributed by atoms with van der Waals surface area (Å²) in [5.74, 6) is 0.0360. The van der Waals surface area contributed by atoms with Crippen molar-refractivity contribution in [2.75, 3.05) is 25.1 Å². The average molecular weight is 282 g/mol. The number of rotatable bonds is 4. The molecule has 0 aromatic heterocycles. The lowest BCUT2D eigenvalue weighted by molar-refractivity contribution is 0.0216. The molecule has 1 saturated heterocycles. The van der Waals surface area contributed by atoms with E-state index in [-0.39, 0.29) is 11.9 Å². The van der Waals surface area contributed by atoms with Crippen molar-refractivity contribution in [1.29, 1.82) is 5.41 Å². The molecule has 1 atom stereocenters. The van der Waals surface area contributed by atoms with E-state index in [1.54, 1.807) is 6.07 Å². The van der Waals surface area contributed by atoms with Crippen LogP contribution < -0.4 is 10.6 Å². The fraction of sp³-hybridized carbons (Fsp3) is 0.500. The molecule has 0 saturated carbocycles. The summed E-state index contributed by atoms with van der Waals surface area (Å²) in [6, 6.07) is 5.46. The quantitative estimate of drug-likeness (QED) is 0.659. The van der Waals surface area contributed by atoms with Crippen LogP contribution in [-0.2, 0) is 4.74 Å². The summed E-state index contributed by atoms with van der Waals surface area (Å²) in [5, 5.41) is 8.24. The zero-order valence-electron chi connectivity index (χ0n) is 11.2. The van der Waals surface area contributed by atoms with Crippen molar-refractivity contribution in [3.63, 3.8) is 0 Å². The highest BCUT2D eigenvalue weighted by Gasteiger charge is 2.18. The molecule has 1 aromatic carbocycles. The first-order valence-corrected chi connectivity index (χ1v) is 6.92. The minimum atomic E-state index is 0.0360. The van der Waals surface area contributed by atoms with Gasteiger partial charge in [-0.2, -0.15) is 0 Å². The van der Waals surface area contributed by atoms with Crippen molar-refractivity contribution in [1.82, 2.24) is 0 Å². The Morgan fingerprint density at radius 1 is 1.53 bits per heavy atom. The van der Waals surface area contributed by atoms with Gasteiger partial charge >= 0.3 is 0 Å². The normalized spacial score (nSPS) is 19.2. The monoisotopic (exact) mass is 281 g/mol. The number of nitrogens with zero attached hydrogens (tertiary/aromatic N) is 1. The number of halogens is 1. The molecule has 0 bridgehead atoms. The van der Waals surface area contributed by atoms with Gasteiger partial charge in [0.15, 0.2) is 0 Å². The largest absolute Gasteiger partial charge is 0.384 e. The van der Waals surface area contributed by atoms with Gasteiger partial charge in [-0.25, -0.2) is 0 Å². The van der Waals surface area contributed by atoms with Gasteiger partial charge in [0.1, 0.15) is 5.84 Å². The Balaban J connectivity index is 2.13. The van der Waals surface area contributed by atoms with E-state index in [2.05, 4.69) is 4.90 Å². The second kappa shape index (κ2) is 6.26. The van der Waals surface area contributed by atoms with E-state index >= 15 is 0 Å². The molecule has 0 spiro atoms. The van der Waals surface area contributed by atoms with E-state index in [4.69, 9.17) is 27.5 Å². The standard InChI is InChI=1S/C14H20ClN3O/c1-18(9-11-4-2-3-7-19-11)13-6-5-10(15)8-12(13)14(16)17/h5-6,8,11H,2-4,7,9H2,1H3,(H3,16,17). The van der Waals surface area contributed by atoms with Crippen molar-refractivity contribution in [3.05, 3.63) is 28.8 Å². The summed E-state index contributed by atoms with van der Waals surface area (Å²) in [7, 11) is 1.99. The van der Waals surface area contributed by atoms with Crippen LogP contribution in [-0.4, -0.2) is 32.1 Å². The summed E-state index contributed by atoms with van der Waals surface area (Å²) in [6.07, 6.45) is 3.72. The summed E-state index contributed by atoms with van der Waals surface area (Å²) < 4.78 is 5.74. The lowest BCUT2D eigenvalue weighted by atomic mass is 10.1. The SMILES string of the molecule is CN(CC1CCCCO1)c1ccc(Cl)cc1C(=N)N. The molecule has 4 nitrogen and oxygen atoms in total. The van der Waals surface area contributed by atoms with E-state index in [1.165, 1.54) is 6.42 Å². The third-order valence-electron chi connectivity index (χ3n) is 3.41. The lowest BCUT2D eigenvalue weighted by Gasteiger charge is -2.29. The third-order valence-corrected chi connectivity index (χ3v) is 3.65. The van der Waals surface area contributed by atoms with Crippen LogP contribution in [0, 0.1) is 5.41 Å². The Morgan fingerprint density at radius 2 is 2.32 bits per heavy atom. The smallest absolute Gasteiger partial charge is 0.124 e. The van der Waals surface area contributed by atoms with E-state index in [9.17, 15) is 0 Å². The minimum Gasteiger partial charge on any atom is -0.384 e. The highest BCUT2D eigenvalue weighted by molar-refractivity contribution is 6.31. The Kier molecular flexibility index (Phi) is 4.66. The number of likely N-dealkylation sites (N-methyl/N-ethyl adjacent to an activating group) is 1. The van der Waals surface area contributed by atoms with Crippen LogP contribution in [0.1, 0.15) is 24.8 Å². The van der Waals surface area contributed by atoms with Gasteiger partial charge in [-0.3, -0.25) is 5.41 Å². The Hall–Kier alpha value is -1.26. The van der Waals surface area contributed by atoms with E-state index in [0.717, 1.165) is 31.7 Å². The third kappa shape index (κ3) is 3.61. The zero-order valence-corrected chi connectivity index (χ0v) is 11.9. The van der Waals surface area contributed by atoms with E-state index in [1.807, 2.05) is 19.2 Å². The van der Waals surface area contributed by atoms with Crippen LogP contribution >= 0.6 is 11.6 Å². The van der Waals surface area contributed by atoms with Gasteiger partial charge in [0.2, 0.25) is 0 Å². The molecule has 1 aliphatic rings. The summed E-state index contributed by atoms with van der Waals surface area (Å²) in [6.45, 7) is 1.65. The van der Waals surface area contributed by atoms with Crippen LogP contribution in [0.3, 0.4) is 0 Å². The number of nitrogens with one attached hydrogen (secondary N) is 1. The maximum absolute atomic E-state index is 7.65. The molecule has 0 amide bonds. The number of benzene rings is 1. The number of nitrogens with two attached hydrogens (primary N) is 1. The van der Waals surface area contributed by atoms with Crippen LogP contribution in [0.5, 0.6) is 0 Å². The van der Waals surface area contributed by atoms with Crippen LogP contribution in [0.15, 0.2) is 18.2 Å². The van der Waals surface area contributed by atoms with Gasteiger partial charge in [0.25, 0.3) is 0 Å². The van der Waals surface area contributed by atoms with Crippen molar-refractivity contribution < 1.29 is 4.74 Å². The highest BCUT2D eigenvalue weighted by Crippen LogP contribution is 2.24. The molecular formula is C14H20ClN3O. The van der Waals surface area contributed by atoms with Gasteiger partial charge < -0.3 is 15.4 Å². The second-order valence-electron chi connectivity index (χ2n) is 4.94. The van der Waals surface area contributed by atoms with Gasteiger partial charge in [-0.05, 0) is 37.5 Å². The predicted octanol–water partition coefficient (Wildman–Crippen LogP) is 2.63. The van der Waals surface area contributed by atoms with Gasteiger partial charge in [-0.1, -0.05) is 11.6 Å². The van der Waals surface area contributed by atoms with Crippen LogP contribution in [0.25, 0.3) is 0 Å². The summed E-state index contributed by atoms with van der Waals surface area (Å²) in [4.78, 5) is 2.09. The molecule has 1 aromatic rings. The summed E-state index contributed by atoms with van der Waals surface area (Å²) in [5.41, 5.74) is 7.22. The Bertz CT molecular complexity index is 458. The Morgan fingerprint density at radius 3 is 2.95 bits per heavy atom. The zero-order chi connectivity index (χ0) is 13.8. The predicted molar refractivity (Wildman–Crippen MR) is 79.3 cm³/mol. The molecular weight excluding hydrogens is 262 g/mol. The molecule has 1 heterocycles. The molecule has 1 aliphatic heterocycles. The molecule has 3 N–H and O–H groups in total. The first-order valence-electron chi connectivity index (χ1n) is 6.54. The topological polar surface area (TPSA) is 62.3 Å². The fourth-order valence-electron chi connectivity index (χ4n) is 2.41. The van der Waals surface area contributed by atoms with E-state index < -0.39 is 0 Å². The van der Waals surface area contributed by atoms with E-state index in [0.29, 0.717) is 10.6 Å². The molecule has 5 heteroatoms. The molecule has 1 fully saturated rings. The fourth-order valence-corrected chi connectivity index (χ4v) is 2.58. The minimum absolute atomic E-state index is 0.0360. The Labute approximate surface area is 119 Å². The number of ether oxygens (including phenoxy) is 1. The van der Waals surface area contributed by atoms with Crippen molar-refractivity contribution in [2.45, 2.75) is 25.4 Å². The molecule has 19 heavy (non-hydrogen) atoms. The lowest BCUT2D eigenvalue weighted by Crippen LogP contribution is -2.34. The first-order chi connectivity index (χ1) is 9.08. The maximum Gasteiger partial charge on any atom is 0.124 e. The average Bonchev–Trinajstić information content (AvgIpc) is 2.39.